The van der Waals surface area contributed by atoms with E-state index in [-0.39, 0.29) is 24.0 Å². The van der Waals surface area contributed by atoms with Crippen molar-refractivity contribution in [1.82, 2.24) is 15.6 Å². The molecule has 0 atom stereocenters. The fourth-order valence-corrected chi connectivity index (χ4v) is 2.31. The molecule has 0 unspecified atom stereocenters. The van der Waals surface area contributed by atoms with E-state index in [1.54, 1.807) is 18.4 Å². The second-order valence-corrected chi connectivity index (χ2v) is 5.09. The van der Waals surface area contributed by atoms with Crippen LogP contribution in [0.1, 0.15) is 43.8 Å². The van der Waals surface area contributed by atoms with Gasteiger partial charge in [-0.25, -0.2) is 4.98 Å². The Kier molecular flexibility index (Phi) is 11.2. The number of guanidine groups is 1. The molecule has 110 valence electrons. The number of aliphatic imine (C=N–C) groups is 1. The van der Waals surface area contributed by atoms with Gasteiger partial charge in [-0.05, 0) is 12.8 Å². The van der Waals surface area contributed by atoms with E-state index in [4.69, 9.17) is 0 Å². The summed E-state index contributed by atoms with van der Waals surface area (Å²) >= 11 is 1.72. The third-order valence-electron chi connectivity index (χ3n) is 2.64. The van der Waals surface area contributed by atoms with Crippen LogP contribution in [-0.4, -0.2) is 24.5 Å². The number of hydrogen-bond acceptors (Lipinski definition) is 3. The van der Waals surface area contributed by atoms with E-state index < -0.39 is 0 Å². The molecule has 1 rings (SSSR count). The summed E-state index contributed by atoms with van der Waals surface area (Å²) in [6, 6.07) is 0. The molecule has 2 N–H and O–H groups in total. The second kappa shape index (κ2) is 11.5. The van der Waals surface area contributed by atoms with Crippen molar-refractivity contribution >= 4 is 41.3 Å². The number of halogens is 1. The summed E-state index contributed by atoms with van der Waals surface area (Å²) < 4.78 is 0. The summed E-state index contributed by atoms with van der Waals surface area (Å²) in [5.74, 6) is 0.858. The molecule has 0 aliphatic carbocycles. The van der Waals surface area contributed by atoms with Gasteiger partial charge in [-0.15, -0.1) is 35.3 Å². The molecule has 0 saturated carbocycles. The van der Waals surface area contributed by atoms with Crippen molar-refractivity contribution < 1.29 is 0 Å². The Balaban J connectivity index is 0.00000324. The minimum atomic E-state index is 0. The molecule has 0 saturated heterocycles. The van der Waals surface area contributed by atoms with Crippen LogP contribution in [-0.2, 0) is 13.0 Å². The predicted molar refractivity (Wildman–Crippen MR) is 94.6 cm³/mol. The molecule has 1 heterocycles. The van der Waals surface area contributed by atoms with E-state index in [0.29, 0.717) is 0 Å². The van der Waals surface area contributed by atoms with Gasteiger partial charge in [-0.3, -0.25) is 4.99 Å². The fraction of sp³-hybridized carbons (Fsp3) is 0.692. The van der Waals surface area contributed by atoms with Crippen LogP contribution in [0, 0.1) is 0 Å². The van der Waals surface area contributed by atoms with E-state index in [9.17, 15) is 0 Å². The number of hydrogen-bond donors (Lipinski definition) is 2. The Morgan fingerprint density at radius 1 is 1.32 bits per heavy atom. The highest BCUT2D eigenvalue weighted by molar-refractivity contribution is 14.0. The Morgan fingerprint density at radius 3 is 2.68 bits per heavy atom. The van der Waals surface area contributed by atoms with Crippen molar-refractivity contribution in [3.05, 3.63) is 16.1 Å². The molecule has 0 aliphatic rings. The van der Waals surface area contributed by atoms with Gasteiger partial charge in [-0.1, -0.05) is 26.7 Å². The maximum atomic E-state index is 4.52. The summed E-state index contributed by atoms with van der Waals surface area (Å²) in [6.07, 6.45) is 4.70. The van der Waals surface area contributed by atoms with Crippen molar-refractivity contribution in [2.75, 3.05) is 13.6 Å². The molecule has 0 bridgehead atoms. The first-order valence-corrected chi connectivity index (χ1v) is 7.55. The number of thiazole rings is 1. The highest BCUT2D eigenvalue weighted by atomic mass is 127. The molecule has 0 aromatic carbocycles. The van der Waals surface area contributed by atoms with Crippen molar-refractivity contribution in [2.45, 2.75) is 46.1 Å². The average Bonchev–Trinajstić information content (AvgIpc) is 2.86. The summed E-state index contributed by atoms with van der Waals surface area (Å²) in [5.41, 5.74) is 1.09. The third kappa shape index (κ3) is 7.71. The zero-order valence-electron chi connectivity index (χ0n) is 12.0. The molecule has 0 fully saturated rings. The van der Waals surface area contributed by atoms with Crippen LogP contribution in [0.15, 0.2) is 10.4 Å². The first-order chi connectivity index (χ1) is 8.80. The van der Waals surface area contributed by atoms with Gasteiger partial charge in [0.25, 0.3) is 0 Å². The molecule has 1 aromatic rings. The molecular weight excluding hydrogens is 371 g/mol. The number of nitrogens with zero attached hydrogens (tertiary/aromatic N) is 2. The van der Waals surface area contributed by atoms with Gasteiger partial charge in [0.2, 0.25) is 0 Å². The highest BCUT2D eigenvalue weighted by Gasteiger charge is 2.01. The Hall–Kier alpha value is -0.370. The van der Waals surface area contributed by atoms with Gasteiger partial charge >= 0.3 is 0 Å². The first kappa shape index (κ1) is 18.6. The van der Waals surface area contributed by atoms with Crippen LogP contribution >= 0.6 is 35.3 Å². The molecule has 1 aromatic heterocycles. The maximum Gasteiger partial charge on any atom is 0.191 e. The summed E-state index contributed by atoms with van der Waals surface area (Å²) in [7, 11) is 1.80. The number of nitrogens with one attached hydrogen (secondary N) is 2. The SMILES string of the molecule is CCCCCNC(=NC)NCc1csc(CC)n1.I. The average molecular weight is 396 g/mol. The van der Waals surface area contributed by atoms with Crippen LogP contribution in [0.2, 0.25) is 0 Å². The van der Waals surface area contributed by atoms with Gasteiger partial charge in [-0.2, -0.15) is 0 Å². The van der Waals surface area contributed by atoms with E-state index >= 15 is 0 Å². The molecule has 19 heavy (non-hydrogen) atoms. The van der Waals surface area contributed by atoms with E-state index in [0.717, 1.165) is 31.2 Å². The Bertz CT molecular complexity index is 365. The van der Waals surface area contributed by atoms with Gasteiger partial charge in [0.15, 0.2) is 5.96 Å². The molecule has 0 aliphatic heterocycles. The number of unbranched alkanes of at least 4 members (excludes halogenated alkanes) is 2. The van der Waals surface area contributed by atoms with Crippen molar-refractivity contribution in [2.24, 2.45) is 4.99 Å². The van der Waals surface area contributed by atoms with E-state index in [1.807, 2.05) is 0 Å². The number of rotatable bonds is 7. The molecular formula is C13H25IN4S. The minimum Gasteiger partial charge on any atom is -0.356 e. The Labute approximate surface area is 137 Å². The van der Waals surface area contributed by atoms with E-state index in [2.05, 4.69) is 39.8 Å². The van der Waals surface area contributed by atoms with Crippen molar-refractivity contribution in [3.8, 4) is 0 Å². The fourth-order valence-electron chi connectivity index (χ4n) is 1.57. The van der Waals surface area contributed by atoms with Crippen molar-refractivity contribution in [3.63, 3.8) is 0 Å². The lowest BCUT2D eigenvalue weighted by atomic mass is 10.2. The van der Waals surface area contributed by atoms with Crippen LogP contribution in [0.5, 0.6) is 0 Å². The van der Waals surface area contributed by atoms with Crippen LogP contribution in [0.25, 0.3) is 0 Å². The third-order valence-corrected chi connectivity index (χ3v) is 3.68. The zero-order valence-corrected chi connectivity index (χ0v) is 15.2. The second-order valence-electron chi connectivity index (χ2n) is 4.15. The highest BCUT2D eigenvalue weighted by Crippen LogP contribution is 2.09. The van der Waals surface area contributed by atoms with Gasteiger partial charge in [0, 0.05) is 19.0 Å². The smallest absolute Gasteiger partial charge is 0.191 e. The maximum absolute atomic E-state index is 4.52. The lowest BCUT2D eigenvalue weighted by molar-refractivity contribution is 0.681. The van der Waals surface area contributed by atoms with Crippen molar-refractivity contribution in [1.29, 1.82) is 0 Å². The van der Waals surface area contributed by atoms with Crippen LogP contribution in [0.3, 0.4) is 0 Å². The normalized spacial score (nSPS) is 11.0. The van der Waals surface area contributed by atoms with E-state index in [1.165, 1.54) is 24.3 Å². The van der Waals surface area contributed by atoms with Crippen LogP contribution in [0.4, 0.5) is 0 Å². The number of aryl methyl sites for hydroxylation is 1. The van der Waals surface area contributed by atoms with Gasteiger partial charge < -0.3 is 10.6 Å². The number of aromatic nitrogens is 1. The Morgan fingerprint density at radius 2 is 2.11 bits per heavy atom. The molecule has 6 heteroatoms. The lowest BCUT2D eigenvalue weighted by Crippen LogP contribution is -2.37. The molecule has 0 amide bonds. The van der Waals surface area contributed by atoms with Crippen LogP contribution < -0.4 is 10.6 Å². The lowest BCUT2D eigenvalue weighted by Gasteiger charge is -2.10. The summed E-state index contributed by atoms with van der Waals surface area (Å²) in [4.78, 5) is 8.72. The zero-order chi connectivity index (χ0) is 13.2. The minimum absolute atomic E-state index is 0. The van der Waals surface area contributed by atoms with Gasteiger partial charge in [0.05, 0.1) is 17.2 Å². The molecule has 0 spiro atoms. The molecule has 4 nitrogen and oxygen atoms in total. The largest absolute Gasteiger partial charge is 0.356 e. The predicted octanol–water partition coefficient (Wildman–Crippen LogP) is 3.18. The monoisotopic (exact) mass is 396 g/mol. The quantitative estimate of drug-likeness (QED) is 0.322. The topological polar surface area (TPSA) is 49.3 Å². The standard InChI is InChI=1S/C13H24N4S.HI/c1-4-6-7-8-15-13(14-3)16-9-11-10-18-12(5-2)17-11;/h10H,4-9H2,1-3H3,(H2,14,15,16);1H. The summed E-state index contributed by atoms with van der Waals surface area (Å²) in [6.45, 7) is 6.06. The molecule has 0 radical (unpaired) electrons. The van der Waals surface area contributed by atoms with Gasteiger partial charge in [0.1, 0.15) is 0 Å². The first-order valence-electron chi connectivity index (χ1n) is 6.67. The summed E-state index contributed by atoms with van der Waals surface area (Å²) in [5, 5.41) is 9.89.